The predicted molar refractivity (Wildman–Crippen MR) is 73.1 cm³/mol. The van der Waals surface area contributed by atoms with Crippen LogP contribution in [0.3, 0.4) is 0 Å². The average molecular weight is 240 g/mol. The van der Waals surface area contributed by atoms with E-state index in [-0.39, 0.29) is 11.9 Å². The highest BCUT2D eigenvalue weighted by Gasteiger charge is 2.07. The highest BCUT2D eigenvalue weighted by molar-refractivity contribution is 5.84. The summed E-state index contributed by atoms with van der Waals surface area (Å²) in [6.45, 7) is 1.80. The molecule has 1 aromatic carbocycles. The van der Waals surface area contributed by atoms with E-state index in [1.807, 2.05) is 24.4 Å². The first kappa shape index (κ1) is 12.3. The van der Waals surface area contributed by atoms with E-state index >= 15 is 0 Å². The number of terminal acetylenes is 1. The topological polar surface area (TPSA) is 44.9 Å². The summed E-state index contributed by atoms with van der Waals surface area (Å²) in [4.78, 5) is 14.8. The quantitative estimate of drug-likeness (QED) is 0.791. The van der Waals surface area contributed by atoms with Crippen molar-refractivity contribution in [2.24, 2.45) is 0 Å². The Balaban J connectivity index is 1.99. The Morgan fingerprint density at radius 2 is 2.28 bits per heavy atom. The molecule has 0 spiro atoms. The van der Waals surface area contributed by atoms with Gasteiger partial charge in [0, 0.05) is 23.5 Å². The molecule has 92 valence electrons. The van der Waals surface area contributed by atoms with Gasteiger partial charge in [0.05, 0.1) is 6.04 Å². The van der Waals surface area contributed by atoms with E-state index in [0.29, 0.717) is 12.8 Å². The maximum absolute atomic E-state index is 11.6. The molecule has 1 atom stereocenters. The first-order valence-corrected chi connectivity index (χ1v) is 6.01. The molecule has 0 aliphatic rings. The molecule has 3 heteroatoms. The Morgan fingerprint density at radius 3 is 3.06 bits per heavy atom. The minimum Gasteiger partial charge on any atom is -0.361 e. The van der Waals surface area contributed by atoms with E-state index in [2.05, 4.69) is 22.3 Å². The molecule has 2 aromatic rings. The molecule has 0 saturated carbocycles. The maximum Gasteiger partial charge on any atom is 0.221 e. The van der Waals surface area contributed by atoms with Crippen LogP contribution in [0.5, 0.6) is 0 Å². The van der Waals surface area contributed by atoms with Gasteiger partial charge in [-0.25, -0.2) is 0 Å². The fourth-order valence-electron chi connectivity index (χ4n) is 1.94. The lowest BCUT2D eigenvalue weighted by molar-refractivity contribution is -0.121. The van der Waals surface area contributed by atoms with Gasteiger partial charge in [0.25, 0.3) is 0 Å². The highest BCUT2D eigenvalue weighted by Crippen LogP contribution is 2.18. The minimum absolute atomic E-state index is 0.00858. The Kier molecular flexibility index (Phi) is 3.69. The van der Waals surface area contributed by atoms with Crippen LogP contribution in [-0.4, -0.2) is 16.9 Å². The number of amides is 1. The monoisotopic (exact) mass is 240 g/mol. The largest absolute Gasteiger partial charge is 0.361 e. The third-order valence-corrected chi connectivity index (χ3v) is 2.92. The van der Waals surface area contributed by atoms with E-state index in [9.17, 15) is 4.79 Å². The maximum atomic E-state index is 11.6. The molecule has 0 aliphatic heterocycles. The van der Waals surface area contributed by atoms with Crippen LogP contribution in [-0.2, 0) is 11.2 Å². The number of aryl methyl sites for hydroxylation is 1. The normalized spacial score (nSPS) is 12.0. The number of nitrogens with one attached hydrogen (secondary N) is 2. The minimum atomic E-state index is -0.208. The van der Waals surface area contributed by atoms with Gasteiger partial charge in [-0.2, -0.15) is 0 Å². The number of hydrogen-bond donors (Lipinski definition) is 2. The molecule has 1 heterocycles. The summed E-state index contributed by atoms with van der Waals surface area (Å²) in [5, 5.41) is 3.93. The predicted octanol–water partition coefficient (Wildman–Crippen LogP) is 2.24. The number of H-pyrrole nitrogens is 1. The van der Waals surface area contributed by atoms with Crippen LogP contribution < -0.4 is 5.32 Å². The Bertz CT molecular complexity index is 592. The highest BCUT2D eigenvalue weighted by atomic mass is 16.1. The molecular formula is C15H16N2O. The fraction of sp³-hybridized carbons (Fsp3) is 0.267. The number of aromatic nitrogens is 1. The van der Waals surface area contributed by atoms with Crippen molar-refractivity contribution < 1.29 is 4.79 Å². The first-order chi connectivity index (χ1) is 8.70. The van der Waals surface area contributed by atoms with Crippen molar-refractivity contribution >= 4 is 16.8 Å². The molecule has 0 fully saturated rings. The number of hydrogen-bond acceptors (Lipinski definition) is 1. The van der Waals surface area contributed by atoms with Gasteiger partial charge in [-0.1, -0.05) is 24.1 Å². The van der Waals surface area contributed by atoms with E-state index in [0.717, 1.165) is 11.1 Å². The molecule has 0 radical (unpaired) electrons. The number of para-hydroxylation sites is 1. The van der Waals surface area contributed by atoms with Crippen molar-refractivity contribution in [2.45, 2.75) is 25.8 Å². The number of rotatable bonds is 4. The SMILES string of the molecule is C#CC(C)NC(=O)CCc1c[nH]c2ccccc12. The molecule has 1 unspecified atom stereocenters. The van der Waals surface area contributed by atoms with Crippen molar-refractivity contribution in [3.05, 3.63) is 36.0 Å². The van der Waals surface area contributed by atoms with Crippen LogP contribution in [0.15, 0.2) is 30.5 Å². The van der Waals surface area contributed by atoms with Crippen LogP contribution in [0.4, 0.5) is 0 Å². The molecule has 0 aliphatic carbocycles. The summed E-state index contributed by atoms with van der Waals surface area (Å²) in [6.07, 6.45) is 8.34. The lowest BCUT2D eigenvalue weighted by atomic mass is 10.1. The molecule has 0 bridgehead atoms. The zero-order valence-corrected chi connectivity index (χ0v) is 10.4. The smallest absolute Gasteiger partial charge is 0.221 e. The van der Waals surface area contributed by atoms with Gasteiger partial charge >= 0.3 is 0 Å². The second-order valence-electron chi connectivity index (χ2n) is 4.32. The second kappa shape index (κ2) is 5.42. The number of fused-ring (bicyclic) bond motifs is 1. The Hall–Kier alpha value is -2.21. The van der Waals surface area contributed by atoms with Gasteiger partial charge in [-0.05, 0) is 25.0 Å². The average Bonchev–Trinajstić information content (AvgIpc) is 2.79. The summed E-state index contributed by atoms with van der Waals surface area (Å²) in [7, 11) is 0. The van der Waals surface area contributed by atoms with E-state index < -0.39 is 0 Å². The van der Waals surface area contributed by atoms with Gasteiger partial charge in [0.1, 0.15) is 0 Å². The van der Waals surface area contributed by atoms with Crippen molar-refractivity contribution in [1.29, 1.82) is 0 Å². The molecule has 2 N–H and O–H groups in total. The van der Waals surface area contributed by atoms with Crippen LogP contribution in [0, 0.1) is 12.3 Å². The molecular weight excluding hydrogens is 224 g/mol. The molecule has 18 heavy (non-hydrogen) atoms. The summed E-state index contributed by atoms with van der Waals surface area (Å²) in [5.41, 5.74) is 2.26. The Morgan fingerprint density at radius 1 is 1.50 bits per heavy atom. The van der Waals surface area contributed by atoms with E-state index in [1.165, 1.54) is 5.39 Å². The number of carbonyl (C=O) groups excluding carboxylic acids is 1. The third kappa shape index (κ3) is 2.72. The van der Waals surface area contributed by atoms with Crippen LogP contribution in [0.1, 0.15) is 18.9 Å². The second-order valence-corrected chi connectivity index (χ2v) is 4.32. The lowest BCUT2D eigenvalue weighted by Crippen LogP contribution is -2.31. The summed E-state index contributed by atoms with van der Waals surface area (Å²) >= 11 is 0. The molecule has 1 aromatic heterocycles. The van der Waals surface area contributed by atoms with E-state index in [4.69, 9.17) is 6.42 Å². The van der Waals surface area contributed by atoms with E-state index in [1.54, 1.807) is 6.92 Å². The van der Waals surface area contributed by atoms with Crippen LogP contribution in [0.2, 0.25) is 0 Å². The first-order valence-electron chi connectivity index (χ1n) is 6.01. The number of benzene rings is 1. The van der Waals surface area contributed by atoms with Gasteiger partial charge in [0.15, 0.2) is 0 Å². The number of carbonyl (C=O) groups is 1. The molecule has 0 saturated heterocycles. The lowest BCUT2D eigenvalue weighted by Gasteiger charge is -2.07. The fourth-order valence-corrected chi connectivity index (χ4v) is 1.94. The van der Waals surface area contributed by atoms with Crippen molar-refractivity contribution in [3.63, 3.8) is 0 Å². The Labute approximate surface area is 107 Å². The van der Waals surface area contributed by atoms with Crippen molar-refractivity contribution in [1.82, 2.24) is 10.3 Å². The summed E-state index contributed by atoms with van der Waals surface area (Å²) < 4.78 is 0. The number of aromatic amines is 1. The summed E-state index contributed by atoms with van der Waals surface area (Å²) in [5.74, 6) is 2.47. The molecule has 1 amide bonds. The standard InChI is InChI=1S/C15H16N2O/c1-3-11(2)17-15(18)9-8-12-10-16-14-7-5-4-6-13(12)14/h1,4-7,10-11,16H,8-9H2,2H3,(H,17,18). The summed E-state index contributed by atoms with van der Waals surface area (Å²) in [6, 6.07) is 7.87. The van der Waals surface area contributed by atoms with Gasteiger partial charge in [-0.3, -0.25) is 4.79 Å². The van der Waals surface area contributed by atoms with Gasteiger partial charge in [-0.15, -0.1) is 6.42 Å². The van der Waals surface area contributed by atoms with Gasteiger partial charge in [0.2, 0.25) is 5.91 Å². The third-order valence-electron chi connectivity index (χ3n) is 2.92. The zero-order valence-electron chi connectivity index (χ0n) is 10.4. The zero-order chi connectivity index (χ0) is 13.0. The van der Waals surface area contributed by atoms with Crippen molar-refractivity contribution in [3.8, 4) is 12.3 Å². The molecule has 3 nitrogen and oxygen atoms in total. The molecule has 2 rings (SSSR count). The van der Waals surface area contributed by atoms with Gasteiger partial charge < -0.3 is 10.3 Å². The van der Waals surface area contributed by atoms with Crippen molar-refractivity contribution in [2.75, 3.05) is 0 Å². The van der Waals surface area contributed by atoms with Crippen LogP contribution in [0.25, 0.3) is 10.9 Å². The van der Waals surface area contributed by atoms with Crippen LogP contribution >= 0.6 is 0 Å².